The first kappa shape index (κ1) is 17.1. The monoisotopic (exact) mass is 337 g/mol. The van der Waals surface area contributed by atoms with Gasteiger partial charge in [-0.25, -0.2) is 0 Å². The number of hydrogen-bond acceptors (Lipinski definition) is 3. The molecular formula is C21H23NO3. The van der Waals surface area contributed by atoms with E-state index in [-0.39, 0.29) is 11.5 Å². The maximum atomic E-state index is 11.5. The summed E-state index contributed by atoms with van der Waals surface area (Å²) >= 11 is 0. The number of benzene rings is 1. The number of aromatic nitrogens is 1. The molecule has 1 aliphatic rings. The number of ether oxygens (including phenoxy) is 2. The highest BCUT2D eigenvalue weighted by atomic mass is 16.5. The van der Waals surface area contributed by atoms with E-state index in [0.717, 1.165) is 41.3 Å². The minimum atomic E-state index is 0.0324. The summed E-state index contributed by atoms with van der Waals surface area (Å²) in [6.45, 7) is 3.85. The van der Waals surface area contributed by atoms with Crippen molar-refractivity contribution in [3.8, 4) is 11.5 Å². The number of nitrogens with zero attached hydrogens (tertiary/aromatic N) is 1. The van der Waals surface area contributed by atoms with Crippen LogP contribution in [0.3, 0.4) is 0 Å². The quantitative estimate of drug-likeness (QED) is 0.768. The van der Waals surface area contributed by atoms with Crippen LogP contribution in [0.25, 0.3) is 12.3 Å². The van der Waals surface area contributed by atoms with Gasteiger partial charge in [-0.3, -0.25) is 4.79 Å². The summed E-state index contributed by atoms with van der Waals surface area (Å²) in [4.78, 5) is 11.5. The summed E-state index contributed by atoms with van der Waals surface area (Å²) in [6.07, 6.45) is 10.3. The van der Waals surface area contributed by atoms with Crippen LogP contribution in [0.4, 0.5) is 0 Å². The molecule has 4 nitrogen and oxygen atoms in total. The Kier molecular flexibility index (Phi) is 5.08. The van der Waals surface area contributed by atoms with Gasteiger partial charge < -0.3 is 14.0 Å². The predicted molar refractivity (Wildman–Crippen MR) is 101 cm³/mol. The molecular weight excluding hydrogens is 314 g/mol. The zero-order valence-electron chi connectivity index (χ0n) is 14.9. The molecule has 1 aromatic heterocycles. The summed E-state index contributed by atoms with van der Waals surface area (Å²) in [5.41, 5.74) is 2.86. The van der Waals surface area contributed by atoms with Crippen LogP contribution in [0.5, 0.6) is 11.5 Å². The van der Waals surface area contributed by atoms with Gasteiger partial charge in [-0.1, -0.05) is 18.2 Å². The topological polar surface area (TPSA) is 40.5 Å². The van der Waals surface area contributed by atoms with Gasteiger partial charge in [0, 0.05) is 42.6 Å². The summed E-state index contributed by atoms with van der Waals surface area (Å²) in [5, 5.41) is 0. The molecule has 2 aromatic rings. The second-order valence-electron chi connectivity index (χ2n) is 6.25. The molecule has 25 heavy (non-hydrogen) atoms. The predicted octanol–water partition coefficient (Wildman–Crippen LogP) is 4.20. The molecule has 1 aromatic carbocycles. The highest BCUT2D eigenvalue weighted by molar-refractivity contribution is 5.64. The zero-order chi connectivity index (χ0) is 17.8. The Labute approximate surface area is 148 Å². The molecule has 0 saturated carbocycles. The van der Waals surface area contributed by atoms with E-state index in [2.05, 4.69) is 12.2 Å². The minimum absolute atomic E-state index is 0.0324. The fourth-order valence-electron chi connectivity index (χ4n) is 3.02. The fraction of sp³-hybridized carbons (Fsp3) is 0.286. The lowest BCUT2D eigenvalue weighted by molar-refractivity contribution is 0.206. The Morgan fingerprint density at radius 1 is 1.04 bits per heavy atom. The zero-order valence-corrected chi connectivity index (χ0v) is 14.9. The molecule has 0 aliphatic heterocycles. The van der Waals surface area contributed by atoms with Gasteiger partial charge in [-0.05, 0) is 37.6 Å². The number of methoxy groups -OCH3 is 1. The van der Waals surface area contributed by atoms with Crippen LogP contribution in [0, 0.1) is 13.8 Å². The Morgan fingerprint density at radius 2 is 1.72 bits per heavy atom. The minimum Gasteiger partial charge on any atom is -0.493 e. The summed E-state index contributed by atoms with van der Waals surface area (Å²) < 4.78 is 13.5. The van der Waals surface area contributed by atoms with Crippen molar-refractivity contribution >= 4 is 12.3 Å². The third-order valence-electron chi connectivity index (χ3n) is 4.32. The van der Waals surface area contributed by atoms with Crippen molar-refractivity contribution in [2.45, 2.75) is 32.8 Å². The van der Waals surface area contributed by atoms with Crippen LogP contribution >= 0.6 is 0 Å². The Bertz CT molecular complexity index is 843. The van der Waals surface area contributed by atoms with Crippen LogP contribution in [0.15, 0.2) is 47.3 Å². The van der Waals surface area contributed by atoms with Crippen molar-refractivity contribution in [1.82, 2.24) is 4.57 Å². The standard InChI is InChI=1S/C21H23NO3/c1-15-12-18(23)13-16(2)22(15)11-10-17-8-9-20(24-3)21(14-17)25-19-6-4-5-7-19/h4-5,8-14,19H,6-7H2,1-3H3. The molecule has 0 radical (unpaired) electrons. The maximum absolute atomic E-state index is 11.5. The maximum Gasteiger partial charge on any atom is 0.182 e. The lowest BCUT2D eigenvalue weighted by atomic mass is 10.2. The Balaban J connectivity index is 1.86. The van der Waals surface area contributed by atoms with Crippen molar-refractivity contribution in [2.24, 2.45) is 0 Å². The second-order valence-corrected chi connectivity index (χ2v) is 6.25. The van der Waals surface area contributed by atoms with Crippen LogP contribution in [0.2, 0.25) is 0 Å². The molecule has 0 unspecified atom stereocenters. The van der Waals surface area contributed by atoms with Crippen LogP contribution in [-0.2, 0) is 0 Å². The highest BCUT2D eigenvalue weighted by Crippen LogP contribution is 2.31. The third-order valence-corrected chi connectivity index (χ3v) is 4.32. The van der Waals surface area contributed by atoms with Gasteiger partial charge in [0.05, 0.1) is 7.11 Å². The van der Waals surface area contributed by atoms with Crippen molar-refractivity contribution in [3.05, 3.63) is 69.7 Å². The van der Waals surface area contributed by atoms with Crippen LogP contribution in [-0.4, -0.2) is 17.8 Å². The van der Waals surface area contributed by atoms with Gasteiger partial charge in [0.1, 0.15) is 6.10 Å². The smallest absolute Gasteiger partial charge is 0.182 e. The van der Waals surface area contributed by atoms with E-state index in [4.69, 9.17) is 9.47 Å². The lowest BCUT2D eigenvalue weighted by Crippen LogP contribution is -2.12. The Morgan fingerprint density at radius 3 is 2.36 bits per heavy atom. The van der Waals surface area contributed by atoms with E-state index < -0.39 is 0 Å². The van der Waals surface area contributed by atoms with Gasteiger partial charge in [0.2, 0.25) is 0 Å². The van der Waals surface area contributed by atoms with Crippen molar-refractivity contribution in [3.63, 3.8) is 0 Å². The van der Waals surface area contributed by atoms with E-state index in [1.54, 1.807) is 19.2 Å². The molecule has 0 fully saturated rings. The first-order valence-corrected chi connectivity index (χ1v) is 8.44. The summed E-state index contributed by atoms with van der Waals surface area (Å²) in [7, 11) is 1.65. The first-order chi connectivity index (χ1) is 12.1. The van der Waals surface area contributed by atoms with Gasteiger partial charge in [0.25, 0.3) is 0 Å². The number of hydrogen-bond donors (Lipinski definition) is 0. The number of rotatable bonds is 5. The van der Waals surface area contributed by atoms with E-state index in [9.17, 15) is 4.79 Å². The molecule has 0 atom stereocenters. The molecule has 3 rings (SSSR count). The van der Waals surface area contributed by atoms with Crippen molar-refractivity contribution < 1.29 is 9.47 Å². The molecule has 0 N–H and O–H groups in total. The van der Waals surface area contributed by atoms with Crippen LogP contribution < -0.4 is 14.9 Å². The molecule has 1 heterocycles. The normalized spacial score (nSPS) is 14.4. The number of aryl methyl sites for hydroxylation is 2. The molecule has 4 heteroatoms. The average molecular weight is 337 g/mol. The first-order valence-electron chi connectivity index (χ1n) is 8.44. The molecule has 0 amide bonds. The third kappa shape index (κ3) is 4.02. The molecule has 0 spiro atoms. The summed E-state index contributed by atoms with van der Waals surface area (Å²) in [6, 6.07) is 9.16. The second kappa shape index (κ2) is 7.43. The van der Waals surface area contributed by atoms with E-state index >= 15 is 0 Å². The van der Waals surface area contributed by atoms with Gasteiger partial charge >= 0.3 is 0 Å². The average Bonchev–Trinajstić information content (AvgIpc) is 3.07. The summed E-state index contributed by atoms with van der Waals surface area (Å²) in [5.74, 6) is 1.49. The van der Waals surface area contributed by atoms with E-state index in [1.165, 1.54) is 0 Å². The lowest BCUT2D eigenvalue weighted by Gasteiger charge is -2.16. The number of pyridine rings is 1. The van der Waals surface area contributed by atoms with Crippen LogP contribution in [0.1, 0.15) is 29.8 Å². The van der Waals surface area contributed by atoms with E-state index in [0.29, 0.717) is 0 Å². The molecule has 1 aliphatic carbocycles. The van der Waals surface area contributed by atoms with E-state index in [1.807, 2.05) is 48.9 Å². The SMILES string of the molecule is COc1ccc(C=Cn2c(C)cc(=O)cc2C)cc1OC1CC=CC1. The fourth-order valence-corrected chi connectivity index (χ4v) is 3.02. The van der Waals surface area contributed by atoms with Gasteiger partial charge in [0.15, 0.2) is 16.9 Å². The van der Waals surface area contributed by atoms with Crippen molar-refractivity contribution in [1.29, 1.82) is 0 Å². The largest absolute Gasteiger partial charge is 0.493 e. The Hall–Kier alpha value is -2.75. The van der Waals surface area contributed by atoms with Gasteiger partial charge in [-0.2, -0.15) is 0 Å². The molecule has 0 saturated heterocycles. The molecule has 0 bridgehead atoms. The molecule has 130 valence electrons. The van der Waals surface area contributed by atoms with Crippen molar-refractivity contribution in [2.75, 3.05) is 7.11 Å². The van der Waals surface area contributed by atoms with Gasteiger partial charge in [-0.15, -0.1) is 0 Å². The highest BCUT2D eigenvalue weighted by Gasteiger charge is 2.14.